The van der Waals surface area contributed by atoms with Crippen molar-refractivity contribution >= 4 is 32.9 Å². The standard InChI is InChI=1S/C21H21ClN4O2S/c1-16-7-8-17(22)15-19(16)25-11-13-26(14-12-25)20-9-10-21(24-23-20)29(27,28)18-5-3-2-4-6-18/h2-10,15H,11-14H2,1H3. The van der Waals surface area contributed by atoms with Crippen LogP contribution in [0, 0.1) is 6.92 Å². The Hall–Kier alpha value is -2.64. The van der Waals surface area contributed by atoms with Gasteiger partial charge >= 0.3 is 0 Å². The van der Waals surface area contributed by atoms with Crippen molar-refractivity contribution in [2.24, 2.45) is 0 Å². The summed E-state index contributed by atoms with van der Waals surface area (Å²) in [6.45, 7) is 5.27. The van der Waals surface area contributed by atoms with Crippen LogP contribution in [0.1, 0.15) is 5.56 Å². The van der Waals surface area contributed by atoms with Crippen molar-refractivity contribution in [1.82, 2.24) is 10.2 Å². The predicted molar refractivity (Wildman–Crippen MR) is 115 cm³/mol. The fourth-order valence-corrected chi connectivity index (χ4v) is 4.76. The monoisotopic (exact) mass is 428 g/mol. The van der Waals surface area contributed by atoms with E-state index < -0.39 is 9.84 Å². The molecule has 1 aliphatic rings. The maximum atomic E-state index is 12.6. The third kappa shape index (κ3) is 4.06. The summed E-state index contributed by atoms with van der Waals surface area (Å²) in [5.41, 5.74) is 2.34. The quantitative estimate of drug-likeness (QED) is 0.632. The lowest BCUT2D eigenvalue weighted by Gasteiger charge is -2.37. The van der Waals surface area contributed by atoms with E-state index in [2.05, 4.69) is 26.9 Å². The number of halogens is 1. The number of rotatable bonds is 4. The highest BCUT2D eigenvalue weighted by atomic mass is 35.5. The summed E-state index contributed by atoms with van der Waals surface area (Å²) in [5, 5.41) is 8.86. The largest absolute Gasteiger partial charge is 0.368 e. The van der Waals surface area contributed by atoms with Gasteiger partial charge in [-0.05, 0) is 48.9 Å². The Bertz CT molecular complexity index is 1100. The van der Waals surface area contributed by atoms with Gasteiger partial charge in [-0.3, -0.25) is 0 Å². The Balaban J connectivity index is 1.46. The van der Waals surface area contributed by atoms with Gasteiger partial charge in [0.15, 0.2) is 10.8 Å². The van der Waals surface area contributed by atoms with Crippen LogP contribution >= 0.6 is 11.6 Å². The molecule has 1 fully saturated rings. The molecular weight excluding hydrogens is 408 g/mol. The minimum atomic E-state index is -3.65. The maximum Gasteiger partial charge on any atom is 0.225 e. The number of hydrogen-bond acceptors (Lipinski definition) is 6. The molecule has 1 aromatic heterocycles. The topological polar surface area (TPSA) is 66.4 Å². The summed E-state index contributed by atoms with van der Waals surface area (Å²) in [6.07, 6.45) is 0. The Morgan fingerprint density at radius 1 is 0.862 bits per heavy atom. The number of aromatic nitrogens is 2. The van der Waals surface area contributed by atoms with Crippen LogP contribution < -0.4 is 9.80 Å². The molecule has 4 rings (SSSR count). The van der Waals surface area contributed by atoms with Crippen LogP contribution in [-0.4, -0.2) is 44.8 Å². The summed E-state index contributed by atoms with van der Waals surface area (Å²) < 4.78 is 25.3. The molecule has 0 unspecified atom stereocenters. The first kappa shape index (κ1) is 19.7. The molecule has 0 spiro atoms. The van der Waals surface area contributed by atoms with Gasteiger partial charge in [0.05, 0.1) is 4.90 Å². The van der Waals surface area contributed by atoms with E-state index in [1.165, 1.54) is 11.6 Å². The highest BCUT2D eigenvalue weighted by Crippen LogP contribution is 2.26. The molecule has 6 nitrogen and oxygen atoms in total. The molecule has 3 aromatic rings. The lowest BCUT2D eigenvalue weighted by atomic mass is 10.1. The first-order valence-corrected chi connectivity index (χ1v) is 11.2. The number of sulfone groups is 1. The lowest BCUT2D eigenvalue weighted by molar-refractivity contribution is 0.589. The molecule has 0 amide bonds. The van der Waals surface area contributed by atoms with Crippen molar-refractivity contribution in [3.05, 3.63) is 71.2 Å². The summed E-state index contributed by atoms with van der Waals surface area (Å²) in [5.74, 6) is 0.680. The molecule has 2 heterocycles. The minimum Gasteiger partial charge on any atom is -0.368 e. The molecule has 1 aliphatic heterocycles. The lowest BCUT2D eigenvalue weighted by Crippen LogP contribution is -2.47. The third-order valence-corrected chi connectivity index (χ3v) is 6.97. The van der Waals surface area contributed by atoms with Gasteiger partial charge in [-0.15, -0.1) is 10.2 Å². The smallest absolute Gasteiger partial charge is 0.225 e. The van der Waals surface area contributed by atoms with Crippen molar-refractivity contribution < 1.29 is 8.42 Å². The van der Waals surface area contributed by atoms with E-state index in [9.17, 15) is 8.42 Å². The van der Waals surface area contributed by atoms with Gasteiger partial charge in [-0.2, -0.15) is 0 Å². The van der Waals surface area contributed by atoms with Gasteiger partial charge in [0.2, 0.25) is 9.84 Å². The SMILES string of the molecule is Cc1ccc(Cl)cc1N1CCN(c2ccc(S(=O)(=O)c3ccccc3)nn2)CC1. The van der Waals surface area contributed by atoms with Crippen molar-refractivity contribution in [3.8, 4) is 0 Å². The second-order valence-electron chi connectivity index (χ2n) is 6.95. The number of benzene rings is 2. The third-order valence-electron chi connectivity index (χ3n) is 5.07. The van der Waals surface area contributed by atoms with Crippen molar-refractivity contribution in [2.45, 2.75) is 16.8 Å². The number of nitrogens with zero attached hydrogens (tertiary/aromatic N) is 4. The fourth-order valence-electron chi connectivity index (χ4n) is 3.45. The molecule has 150 valence electrons. The predicted octanol–water partition coefficient (Wildman–Crippen LogP) is 3.60. The van der Waals surface area contributed by atoms with Gasteiger partial charge in [0, 0.05) is 36.9 Å². The summed E-state index contributed by atoms with van der Waals surface area (Å²) in [4.78, 5) is 4.63. The summed E-state index contributed by atoms with van der Waals surface area (Å²) >= 11 is 6.15. The van der Waals surface area contributed by atoms with Gasteiger partial charge in [0.25, 0.3) is 0 Å². The number of piperazine rings is 1. The highest BCUT2D eigenvalue weighted by molar-refractivity contribution is 7.91. The average Bonchev–Trinajstić information content (AvgIpc) is 2.76. The zero-order chi connectivity index (χ0) is 20.4. The van der Waals surface area contributed by atoms with Gasteiger partial charge < -0.3 is 9.80 Å². The van der Waals surface area contributed by atoms with E-state index in [-0.39, 0.29) is 9.92 Å². The summed E-state index contributed by atoms with van der Waals surface area (Å²) in [7, 11) is -3.65. The van der Waals surface area contributed by atoms with E-state index in [0.717, 1.165) is 36.9 Å². The van der Waals surface area contributed by atoms with Crippen LogP contribution in [0.25, 0.3) is 0 Å². The minimum absolute atomic E-state index is 0.0411. The zero-order valence-electron chi connectivity index (χ0n) is 16.0. The molecule has 0 aliphatic carbocycles. The van der Waals surface area contributed by atoms with Crippen LogP contribution in [0.15, 0.2) is 70.6 Å². The molecule has 0 saturated carbocycles. The molecule has 1 saturated heterocycles. The molecule has 2 aromatic carbocycles. The zero-order valence-corrected chi connectivity index (χ0v) is 17.6. The van der Waals surface area contributed by atoms with Crippen LogP contribution in [0.2, 0.25) is 5.02 Å². The fraction of sp³-hybridized carbons (Fsp3) is 0.238. The Kier molecular flexibility index (Phi) is 5.43. The molecule has 0 N–H and O–H groups in total. The van der Waals surface area contributed by atoms with Crippen molar-refractivity contribution in [2.75, 3.05) is 36.0 Å². The molecule has 0 atom stereocenters. The number of aryl methyl sites for hydroxylation is 1. The van der Waals surface area contributed by atoms with E-state index in [1.54, 1.807) is 36.4 Å². The normalized spacial score (nSPS) is 14.8. The second-order valence-corrected chi connectivity index (χ2v) is 9.28. The number of hydrogen-bond donors (Lipinski definition) is 0. The molecule has 29 heavy (non-hydrogen) atoms. The van der Waals surface area contributed by atoms with Crippen LogP contribution in [0.3, 0.4) is 0 Å². The first-order chi connectivity index (χ1) is 13.9. The average molecular weight is 429 g/mol. The van der Waals surface area contributed by atoms with Crippen LogP contribution in [0.5, 0.6) is 0 Å². The molecule has 0 bridgehead atoms. The van der Waals surface area contributed by atoms with E-state index >= 15 is 0 Å². The Labute approximate surface area is 175 Å². The van der Waals surface area contributed by atoms with E-state index in [0.29, 0.717) is 5.82 Å². The van der Waals surface area contributed by atoms with Gasteiger partial charge in [-0.1, -0.05) is 35.9 Å². The van der Waals surface area contributed by atoms with Gasteiger partial charge in [0.1, 0.15) is 0 Å². The molecule has 8 heteroatoms. The van der Waals surface area contributed by atoms with E-state index in [4.69, 9.17) is 11.6 Å². The Morgan fingerprint density at radius 3 is 2.21 bits per heavy atom. The molecular formula is C21H21ClN4O2S. The maximum absolute atomic E-state index is 12.6. The van der Waals surface area contributed by atoms with E-state index in [1.807, 2.05) is 18.2 Å². The molecule has 0 radical (unpaired) electrons. The second kappa shape index (κ2) is 8.00. The van der Waals surface area contributed by atoms with Crippen LogP contribution in [0.4, 0.5) is 11.5 Å². The van der Waals surface area contributed by atoms with Gasteiger partial charge in [-0.25, -0.2) is 8.42 Å². The number of anilines is 2. The first-order valence-electron chi connectivity index (χ1n) is 9.35. The van der Waals surface area contributed by atoms with Crippen molar-refractivity contribution in [1.29, 1.82) is 0 Å². The Morgan fingerprint density at radius 2 is 1.55 bits per heavy atom. The highest BCUT2D eigenvalue weighted by Gasteiger charge is 2.22. The van der Waals surface area contributed by atoms with Crippen LogP contribution in [-0.2, 0) is 9.84 Å². The summed E-state index contributed by atoms with van der Waals surface area (Å²) in [6, 6.07) is 17.4. The van der Waals surface area contributed by atoms with Crippen molar-refractivity contribution in [3.63, 3.8) is 0 Å².